The predicted molar refractivity (Wildman–Crippen MR) is 71.3 cm³/mol. The van der Waals surface area contributed by atoms with Crippen LogP contribution in [0, 0.1) is 0 Å². The second kappa shape index (κ2) is 5.69. The maximum absolute atomic E-state index is 12.8. The summed E-state index contributed by atoms with van der Waals surface area (Å²) in [4.78, 5) is 15.2. The zero-order valence-corrected chi connectivity index (χ0v) is 13.3. The summed E-state index contributed by atoms with van der Waals surface area (Å²) in [7, 11) is 1.27. The Hall–Kier alpha value is -1.53. The average molecular weight is 365 g/mol. The number of aromatic nitrogens is 2. The van der Waals surface area contributed by atoms with Crippen LogP contribution in [-0.2, 0) is 10.9 Å². The van der Waals surface area contributed by atoms with Gasteiger partial charge in [0.2, 0.25) is 0 Å². The van der Waals surface area contributed by atoms with Gasteiger partial charge < -0.3 is 0 Å². The Bertz CT molecular complexity index is 659. The Morgan fingerprint density at radius 2 is 2.05 bits per heavy atom. The Morgan fingerprint density at radius 3 is 2.57 bits per heavy atom. The zero-order valence-electron chi connectivity index (χ0n) is 11.6. The van der Waals surface area contributed by atoms with E-state index in [1.54, 1.807) is 26.0 Å². The molecule has 0 aliphatic carbocycles. The van der Waals surface area contributed by atoms with Gasteiger partial charge in [-0.2, -0.15) is 0 Å². The minimum absolute atomic E-state index is 0.164. The molecule has 114 valence electrons. The van der Waals surface area contributed by atoms with Crippen molar-refractivity contribution in [1.29, 1.82) is 0 Å². The van der Waals surface area contributed by atoms with Gasteiger partial charge in [0.25, 0.3) is 0 Å². The van der Waals surface area contributed by atoms with Crippen LogP contribution in [0.3, 0.4) is 0 Å². The van der Waals surface area contributed by atoms with E-state index in [0.717, 1.165) is 6.20 Å². The molecule has 4 nitrogen and oxygen atoms in total. The minimum atomic E-state index is -4.49. The molecule has 0 fully saturated rings. The fourth-order valence-electron chi connectivity index (χ4n) is 1.77. The number of rotatable bonds is 3. The van der Waals surface area contributed by atoms with Crippen molar-refractivity contribution in [3.05, 3.63) is 28.5 Å². The van der Waals surface area contributed by atoms with E-state index in [1.165, 1.54) is 11.7 Å². The molecule has 0 atom stereocenters. The van der Waals surface area contributed by atoms with Gasteiger partial charge in [0.1, 0.15) is 0 Å². The fraction of sp³-hybridized carbons (Fsp3) is 0.385. The summed E-state index contributed by atoms with van der Waals surface area (Å²) in [5.74, 6) is -0.201. The van der Waals surface area contributed by atoms with Crippen LogP contribution in [0.25, 0.3) is 10.3 Å². The maximum atomic E-state index is 12.8. The first-order valence-corrected chi connectivity index (χ1v) is 7.80. The van der Waals surface area contributed by atoms with Gasteiger partial charge in [-0.3, -0.25) is 0 Å². The Kier molecular flexibility index (Phi) is 4.30. The number of alkyl halides is 3. The molecular weight excluding hydrogens is 352 g/mol. The molecule has 2 aromatic rings. The summed E-state index contributed by atoms with van der Waals surface area (Å²) in [6.07, 6.45) is -3.48. The molecule has 0 bridgehead atoms. The molecule has 0 aliphatic heterocycles. The molecule has 0 amide bonds. The van der Waals surface area contributed by atoms with Gasteiger partial charge in [-0.25, -0.2) is 0 Å². The predicted octanol–water partition coefficient (Wildman–Crippen LogP) is 2.99. The van der Waals surface area contributed by atoms with Gasteiger partial charge in [-0.15, -0.1) is 0 Å². The first-order chi connectivity index (χ1) is 9.74. The molecule has 8 heteroatoms. The Balaban J connectivity index is 2.50. The summed E-state index contributed by atoms with van der Waals surface area (Å²) in [6, 6.07) is 3.05. The number of ether oxygens (including phenoxy) is 1. The molecule has 2 rings (SSSR count). The van der Waals surface area contributed by atoms with Gasteiger partial charge in [0, 0.05) is 0 Å². The second-order valence-electron chi connectivity index (χ2n) is 4.60. The first-order valence-electron chi connectivity index (χ1n) is 6.08. The van der Waals surface area contributed by atoms with Crippen LogP contribution in [0.1, 0.15) is 34.8 Å². The number of esters is 1. The van der Waals surface area contributed by atoms with Crippen molar-refractivity contribution in [1.82, 2.24) is 9.55 Å². The fourth-order valence-corrected chi connectivity index (χ4v) is 3.70. The zero-order chi connectivity index (χ0) is 15.8. The third kappa shape index (κ3) is 3.22. The summed E-state index contributed by atoms with van der Waals surface area (Å²) in [6.45, 7) is 3.56. The number of carbonyl (C=O) groups excluding carboxylic acids is 1. The number of imidazole rings is 1. The molecule has 0 aliphatic rings. The van der Waals surface area contributed by atoms with Crippen LogP contribution in [0.2, 0.25) is 0 Å². The summed E-state index contributed by atoms with van der Waals surface area (Å²) >= 11 is -0.409. The molecule has 0 N–H and O–H groups in total. The van der Waals surface area contributed by atoms with E-state index >= 15 is 0 Å². The molecule has 2 aromatic heterocycles. The number of methoxy groups -OCH3 is 1. The van der Waals surface area contributed by atoms with Gasteiger partial charge in [-0.1, -0.05) is 0 Å². The molecular formula is C13H13F3N2O2Se. The number of hydrogen-bond acceptors (Lipinski definition) is 3. The van der Waals surface area contributed by atoms with Crippen molar-refractivity contribution in [2.45, 2.75) is 26.1 Å². The molecule has 0 aromatic carbocycles. The third-order valence-electron chi connectivity index (χ3n) is 2.79. The number of hydrogen-bond donors (Lipinski definition) is 0. The Morgan fingerprint density at radius 1 is 1.38 bits per heavy atom. The molecule has 0 saturated heterocycles. The molecule has 0 spiro atoms. The molecule has 0 saturated carbocycles. The van der Waals surface area contributed by atoms with E-state index in [2.05, 4.69) is 9.72 Å². The second-order valence-corrected chi connectivity index (χ2v) is 6.88. The number of halogens is 3. The van der Waals surface area contributed by atoms with Crippen LogP contribution >= 0.6 is 0 Å². The van der Waals surface area contributed by atoms with Crippen LogP contribution in [0.5, 0.6) is 0 Å². The summed E-state index contributed by atoms with van der Waals surface area (Å²) in [5, 5.41) is 0. The number of nitrogens with zero attached hydrogens (tertiary/aromatic N) is 2. The average Bonchev–Trinajstić information content (AvgIpc) is 3.02. The van der Waals surface area contributed by atoms with Crippen LogP contribution in [0.4, 0.5) is 13.2 Å². The van der Waals surface area contributed by atoms with Crippen molar-refractivity contribution in [3.8, 4) is 10.3 Å². The number of carbonyl (C=O) groups is 1. The van der Waals surface area contributed by atoms with E-state index < -0.39 is 32.3 Å². The van der Waals surface area contributed by atoms with Crippen LogP contribution in [-0.4, -0.2) is 37.1 Å². The van der Waals surface area contributed by atoms with Crippen molar-refractivity contribution in [2.75, 3.05) is 7.11 Å². The van der Waals surface area contributed by atoms with E-state index in [0.29, 0.717) is 8.87 Å². The van der Waals surface area contributed by atoms with Crippen molar-refractivity contribution < 1.29 is 22.7 Å². The van der Waals surface area contributed by atoms with Crippen molar-refractivity contribution >= 4 is 20.5 Å². The van der Waals surface area contributed by atoms with E-state index in [4.69, 9.17) is 0 Å². The quantitative estimate of drug-likeness (QED) is 0.621. The van der Waals surface area contributed by atoms with Gasteiger partial charge in [-0.05, 0) is 0 Å². The molecule has 21 heavy (non-hydrogen) atoms. The van der Waals surface area contributed by atoms with Gasteiger partial charge in [0.15, 0.2) is 0 Å². The van der Waals surface area contributed by atoms with Crippen LogP contribution < -0.4 is 0 Å². The summed E-state index contributed by atoms with van der Waals surface area (Å²) < 4.78 is 45.6. The third-order valence-corrected chi connectivity index (χ3v) is 5.02. The summed E-state index contributed by atoms with van der Waals surface area (Å²) in [5.41, 5.74) is -0.922. The monoisotopic (exact) mass is 366 g/mol. The first kappa shape index (κ1) is 15.9. The molecule has 0 radical (unpaired) electrons. The SMILES string of the molecule is COC(=O)c1ccc(-c2nc(C(F)(F)F)cn2C(C)C)[se]1. The topological polar surface area (TPSA) is 44.1 Å². The molecule has 2 heterocycles. The van der Waals surface area contributed by atoms with Crippen LogP contribution in [0.15, 0.2) is 18.3 Å². The van der Waals surface area contributed by atoms with Gasteiger partial charge >= 0.3 is 125 Å². The van der Waals surface area contributed by atoms with E-state index in [9.17, 15) is 18.0 Å². The van der Waals surface area contributed by atoms with Crippen molar-refractivity contribution in [2.24, 2.45) is 0 Å². The normalized spacial score (nSPS) is 12.0. The molecule has 0 unspecified atom stereocenters. The van der Waals surface area contributed by atoms with E-state index in [-0.39, 0.29) is 11.9 Å². The Labute approximate surface area is 125 Å². The van der Waals surface area contributed by atoms with E-state index in [1.807, 2.05) is 0 Å². The van der Waals surface area contributed by atoms with Gasteiger partial charge in [0.05, 0.1) is 0 Å². The van der Waals surface area contributed by atoms with Crippen molar-refractivity contribution in [3.63, 3.8) is 0 Å². The standard InChI is InChI=1S/C13H13F3N2O2Se/c1-7(2)18-6-10(13(14,15)16)17-11(18)8-4-5-9(21-8)12(19)20-3/h4-7H,1-3H3.